The molecule has 0 amide bonds. The third kappa shape index (κ3) is 3.31. The second-order valence-electron chi connectivity index (χ2n) is 5.48. The first-order chi connectivity index (χ1) is 10.2. The fourth-order valence-electron chi connectivity index (χ4n) is 2.72. The molecule has 3 rings (SSSR count). The van der Waals surface area contributed by atoms with Crippen LogP contribution in [0.4, 0.5) is 5.95 Å². The lowest BCUT2D eigenvalue weighted by molar-refractivity contribution is 0.700. The van der Waals surface area contributed by atoms with E-state index in [-0.39, 0.29) is 11.6 Å². The minimum Gasteiger partial charge on any atom is -0.342 e. The van der Waals surface area contributed by atoms with Gasteiger partial charge in [0.25, 0.3) is 5.56 Å². The number of H-pyrrole nitrogens is 1. The largest absolute Gasteiger partial charge is 0.342 e. The number of nitrogens with two attached hydrogens (primary N) is 1. The fourth-order valence-corrected chi connectivity index (χ4v) is 2.72. The Morgan fingerprint density at radius 3 is 2.67 bits per heavy atom. The predicted molar refractivity (Wildman–Crippen MR) is 83.4 cm³/mol. The van der Waals surface area contributed by atoms with Crippen molar-refractivity contribution in [1.82, 2.24) is 9.97 Å². The average Bonchev–Trinajstić information content (AvgIpc) is 3.02. The van der Waals surface area contributed by atoms with Gasteiger partial charge in [0.2, 0.25) is 5.95 Å². The molecule has 1 aromatic heterocycles. The first kappa shape index (κ1) is 13.8. The molecule has 21 heavy (non-hydrogen) atoms. The lowest BCUT2D eigenvalue weighted by Gasteiger charge is -2.17. The van der Waals surface area contributed by atoms with Crippen molar-refractivity contribution in [3.8, 4) is 0 Å². The molecule has 1 aliphatic rings. The topological polar surface area (TPSA) is 75.0 Å². The van der Waals surface area contributed by atoms with Gasteiger partial charge in [-0.3, -0.25) is 9.78 Å². The number of hydrogen-bond donors (Lipinski definition) is 2. The normalized spacial score (nSPS) is 16.1. The number of nitrogens with zero attached hydrogens (tertiary/aromatic N) is 2. The van der Waals surface area contributed by atoms with E-state index < -0.39 is 0 Å². The van der Waals surface area contributed by atoms with Crippen molar-refractivity contribution >= 4 is 5.95 Å². The van der Waals surface area contributed by atoms with Gasteiger partial charge in [0.05, 0.1) is 5.69 Å². The highest BCUT2D eigenvalue weighted by molar-refractivity contribution is 5.32. The third-order valence-corrected chi connectivity index (χ3v) is 3.84. The Hall–Kier alpha value is -2.14. The van der Waals surface area contributed by atoms with Crippen molar-refractivity contribution in [2.75, 3.05) is 18.0 Å². The van der Waals surface area contributed by atoms with Crippen LogP contribution in [0.15, 0.2) is 41.2 Å². The smallest absolute Gasteiger partial charge is 0.252 e. The predicted octanol–water partition coefficient (Wildman–Crippen LogP) is 1.61. The molecule has 1 aliphatic heterocycles. The molecule has 0 saturated carbocycles. The Kier molecular flexibility index (Phi) is 4.01. The molecule has 1 unspecified atom stereocenters. The fraction of sp³-hybridized carbons (Fsp3) is 0.375. The molecule has 5 nitrogen and oxygen atoms in total. The second kappa shape index (κ2) is 6.10. The summed E-state index contributed by atoms with van der Waals surface area (Å²) in [6.45, 7) is 1.91. The summed E-state index contributed by atoms with van der Waals surface area (Å²) in [5.74, 6) is 0.676. The van der Waals surface area contributed by atoms with Gasteiger partial charge in [0.15, 0.2) is 0 Å². The molecule has 2 aromatic rings. The van der Waals surface area contributed by atoms with Crippen LogP contribution in [0, 0.1) is 0 Å². The quantitative estimate of drug-likeness (QED) is 0.894. The zero-order valence-electron chi connectivity index (χ0n) is 12.0. The maximum Gasteiger partial charge on any atom is 0.252 e. The minimum absolute atomic E-state index is 0.109. The first-order valence-electron chi connectivity index (χ1n) is 7.38. The Bertz CT molecular complexity index is 647. The van der Waals surface area contributed by atoms with Crippen molar-refractivity contribution < 1.29 is 0 Å². The highest BCUT2D eigenvalue weighted by Gasteiger charge is 2.16. The van der Waals surface area contributed by atoms with Gasteiger partial charge in [0.1, 0.15) is 0 Å². The summed E-state index contributed by atoms with van der Waals surface area (Å²) in [5, 5.41) is 0. The van der Waals surface area contributed by atoms with E-state index in [2.05, 4.69) is 14.9 Å². The van der Waals surface area contributed by atoms with E-state index in [1.807, 2.05) is 30.3 Å². The SMILES string of the molecule is NC(Cc1cc(=O)[nH]c(N2CCCC2)n1)c1ccccc1. The third-order valence-electron chi connectivity index (χ3n) is 3.84. The van der Waals surface area contributed by atoms with Gasteiger partial charge in [-0.25, -0.2) is 4.98 Å². The number of hydrogen-bond acceptors (Lipinski definition) is 4. The van der Waals surface area contributed by atoms with Crippen LogP contribution in [-0.2, 0) is 6.42 Å². The molecule has 0 bridgehead atoms. The maximum atomic E-state index is 11.8. The summed E-state index contributed by atoms with van der Waals surface area (Å²) in [5.41, 5.74) is 7.91. The monoisotopic (exact) mass is 284 g/mol. The Morgan fingerprint density at radius 1 is 1.24 bits per heavy atom. The van der Waals surface area contributed by atoms with Crippen molar-refractivity contribution in [1.29, 1.82) is 0 Å². The number of nitrogens with one attached hydrogen (secondary N) is 1. The molecule has 3 N–H and O–H groups in total. The van der Waals surface area contributed by atoms with Gasteiger partial charge in [-0.1, -0.05) is 30.3 Å². The molecule has 0 radical (unpaired) electrons. The van der Waals surface area contributed by atoms with E-state index in [0.717, 1.165) is 37.2 Å². The number of aromatic amines is 1. The molecule has 1 fully saturated rings. The molecule has 110 valence electrons. The summed E-state index contributed by atoms with van der Waals surface area (Å²) in [6, 6.07) is 11.3. The molecule has 1 aromatic carbocycles. The number of aromatic nitrogens is 2. The van der Waals surface area contributed by atoms with Gasteiger partial charge >= 0.3 is 0 Å². The summed E-state index contributed by atoms with van der Waals surface area (Å²) < 4.78 is 0. The van der Waals surface area contributed by atoms with Crippen LogP contribution < -0.4 is 16.2 Å². The molecule has 0 spiro atoms. The molecule has 1 saturated heterocycles. The Balaban J connectivity index is 1.80. The van der Waals surface area contributed by atoms with E-state index in [1.165, 1.54) is 0 Å². The van der Waals surface area contributed by atoms with E-state index >= 15 is 0 Å². The van der Waals surface area contributed by atoms with Crippen molar-refractivity contribution in [2.45, 2.75) is 25.3 Å². The van der Waals surface area contributed by atoms with Crippen LogP contribution >= 0.6 is 0 Å². The van der Waals surface area contributed by atoms with Crippen LogP contribution in [0.5, 0.6) is 0 Å². The number of anilines is 1. The van der Waals surface area contributed by atoms with Crippen LogP contribution in [0.2, 0.25) is 0 Å². The van der Waals surface area contributed by atoms with Crippen LogP contribution in [-0.4, -0.2) is 23.1 Å². The zero-order valence-corrected chi connectivity index (χ0v) is 12.0. The number of benzene rings is 1. The highest BCUT2D eigenvalue weighted by Crippen LogP contribution is 2.17. The van der Waals surface area contributed by atoms with Crippen molar-refractivity contribution in [3.63, 3.8) is 0 Å². The molecule has 5 heteroatoms. The zero-order chi connectivity index (χ0) is 14.7. The highest BCUT2D eigenvalue weighted by atomic mass is 16.1. The van der Waals surface area contributed by atoms with E-state index in [0.29, 0.717) is 12.4 Å². The standard InChI is InChI=1S/C16H20N4O/c17-14(12-6-2-1-3-7-12)10-13-11-15(21)19-16(18-13)20-8-4-5-9-20/h1-3,6-7,11,14H,4-5,8-10,17H2,(H,18,19,21). The maximum absolute atomic E-state index is 11.8. The van der Waals surface area contributed by atoms with Crippen LogP contribution in [0.1, 0.15) is 30.1 Å². The van der Waals surface area contributed by atoms with Crippen LogP contribution in [0.3, 0.4) is 0 Å². The average molecular weight is 284 g/mol. The summed E-state index contributed by atoms with van der Waals surface area (Å²) in [7, 11) is 0. The van der Waals surface area contributed by atoms with Crippen molar-refractivity contribution in [3.05, 3.63) is 58.0 Å². The summed E-state index contributed by atoms with van der Waals surface area (Å²) >= 11 is 0. The van der Waals surface area contributed by atoms with Crippen molar-refractivity contribution in [2.24, 2.45) is 5.73 Å². The van der Waals surface area contributed by atoms with E-state index in [4.69, 9.17) is 5.73 Å². The molecule has 2 heterocycles. The second-order valence-corrected chi connectivity index (χ2v) is 5.48. The number of rotatable bonds is 4. The lowest BCUT2D eigenvalue weighted by atomic mass is 10.0. The van der Waals surface area contributed by atoms with Gasteiger partial charge in [0, 0.05) is 31.6 Å². The summed E-state index contributed by atoms with van der Waals surface area (Å²) in [6.07, 6.45) is 2.86. The molecular weight excluding hydrogens is 264 g/mol. The summed E-state index contributed by atoms with van der Waals surface area (Å²) in [4.78, 5) is 21.3. The first-order valence-corrected chi connectivity index (χ1v) is 7.38. The van der Waals surface area contributed by atoms with Gasteiger partial charge in [-0.05, 0) is 18.4 Å². The van der Waals surface area contributed by atoms with Gasteiger partial charge in [-0.2, -0.15) is 0 Å². The van der Waals surface area contributed by atoms with Gasteiger partial charge < -0.3 is 10.6 Å². The Morgan fingerprint density at radius 2 is 1.95 bits per heavy atom. The lowest BCUT2D eigenvalue weighted by Crippen LogP contribution is -2.25. The molecule has 1 atom stereocenters. The minimum atomic E-state index is -0.146. The van der Waals surface area contributed by atoms with E-state index in [1.54, 1.807) is 6.07 Å². The van der Waals surface area contributed by atoms with Gasteiger partial charge in [-0.15, -0.1) is 0 Å². The molecular formula is C16H20N4O. The Labute approximate surface area is 123 Å². The molecule has 0 aliphatic carbocycles. The van der Waals surface area contributed by atoms with Crippen LogP contribution in [0.25, 0.3) is 0 Å². The van der Waals surface area contributed by atoms with E-state index in [9.17, 15) is 4.79 Å².